The average molecular weight is 396 g/mol. The Balaban J connectivity index is 1.85. The number of aliphatic hydroxyl groups excluding tert-OH is 1. The van der Waals surface area contributed by atoms with Crippen molar-refractivity contribution >= 4 is 44.0 Å². The Labute approximate surface area is 156 Å². The van der Waals surface area contributed by atoms with Gasteiger partial charge in [-0.05, 0) is 28.5 Å². The van der Waals surface area contributed by atoms with Crippen LogP contribution in [0.2, 0.25) is 10.0 Å². The van der Waals surface area contributed by atoms with Crippen LogP contribution in [0.25, 0.3) is 10.8 Å². The van der Waals surface area contributed by atoms with Crippen LogP contribution in [0, 0.1) is 0 Å². The van der Waals surface area contributed by atoms with Crippen LogP contribution in [0.15, 0.2) is 65.6 Å². The number of fused-ring (bicyclic) bond motifs is 1. The molecule has 130 valence electrons. The average Bonchev–Trinajstić information content (AvgIpc) is 2.59. The lowest BCUT2D eigenvalue weighted by Gasteiger charge is -2.16. The van der Waals surface area contributed by atoms with E-state index in [1.165, 1.54) is 12.1 Å². The summed E-state index contributed by atoms with van der Waals surface area (Å²) in [4.78, 5) is -0.191. The molecule has 0 spiro atoms. The quantitative estimate of drug-likeness (QED) is 0.681. The minimum Gasteiger partial charge on any atom is -0.387 e. The second kappa shape index (κ2) is 7.32. The molecule has 3 aromatic carbocycles. The minimum atomic E-state index is -3.95. The first kappa shape index (κ1) is 18.2. The molecular weight excluding hydrogens is 381 g/mol. The summed E-state index contributed by atoms with van der Waals surface area (Å²) >= 11 is 11.9. The topological polar surface area (TPSA) is 66.4 Å². The molecule has 0 aliphatic carbocycles. The van der Waals surface area contributed by atoms with E-state index in [1.807, 2.05) is 36.4 Å². The molecule has 0 heterocycles. The fourth-order valence-corrected chi connectivity index (χ4v) is 4.83. The fourth-order valence-electron chi connectivity index (χ4n) is 2.65. The van der Waals surface area contributed by atoms with E-state index in [1.54, 1.807) is 12.1 Å². The molecule has 2 N–H and O–H groups in total. The lowest BCUT2D eigenvalue weighted by atomic mass is 10.0. The van der Waals surface area contributed by atoms with Crippen LogP contribution in [0.1, 0.15) is 11.7 Å². The van der Waals surface area contributed by atoms with Gasteiger partial charge in [0, 0.05) is 6.54 Å². The third-order valence-corrected chi connectivity index (χ3v) is 6.21. The number of aliphatic hydroxyl groups is 1. The molecular formula is C18H15Cl2NO3S. The molecule has 25 heavy (non-hydrogen) atoms. The Morgan fingerprint density at radius 1 is 0.920 bits per heavy atom. The van der Waals surface area contributed by atoms with Gasteiger partial charge in [0.25, 0.3) is 0 Å². The molecule has 1 unspecified atom stereocenters. The maximum atomic E-state index is 12.5. The Morgan fingerprint density at radius 2 is 1.52 bits per heavy atom. The summed E-state index contributed by atoms with van der Waals surface area (Å²) in [6.07, 6.45) is -1.01. The van der Waals surface area contributed by atoms with E-state index in [9.17, 15) is 13.5 Å². The highest BCUT2D eigenvalue weighted by Gasteiger charge is 2.23. The number of halogens is 2. The van der Waals surface area contributed by atoms with Gasteiger partial charge >= 0.3 is 0 Å². The van der Waals surface area contributed by atoms with Crippen molar-refractivity contribution in [2.75, 3.05) is 6.54 Å². The van der Waals surface area contributed by atoms with Gasteiger partial charge in [0.05, 0.1) is 16.1 Å². The maximum Gasteiger partial charge on any atom is 0.243 e. The molecule has 0 fully saturated rings. The zero-order valence-corrected chi connectivity index (χ0v) is 15.3. The number of rotatable bonds is 5. The number of hydrogen-bond donors (Lipinski definition) is 2. The monoisotopic (exact) mass is 395 g/mol. The Bertz CT molecular complexity index is 996. The van der Waals surface area contributed by atoms with Gasteiger partial charge in [-0.25, -0.2) is 13.1 Å². The third kappa shape index (κ3) is 3.81. The van der Waals surface area contributed by atoms with Gasteiger partial charge in [0.1, 0.15) is 4.90 Å². The second-order valence-corrected chi connectivity index (χ2v) is 8.01. The summed E-state index contributed by atoms with van der Waals surface area (Å²) in [5.74, 6) is 0. The summed E-state index contributed by atoms with van der Waals surface area (Å²) in [5, 5.41) is 12.4. The van der Waals surface area contributed by atoms with E-state index in [0.29, 0.717) is 5.56 Å². The van der Waals surface area contributed by atoms with Gasteiger partial charge in [-0.15, -0.1) is 0 Å². The van der Waals surface area contributed by atoms with Crippen molar-refractivity contribution < 1.29 is 13.5 Å². The Hall–Kier alpha value is -1.63. The van der Waals surface area contributed by atoms with Gasteiger partial charge in [-0.1, -0.05) is 71.7 Å². The first-order valence-corrected chi connectivity index (χ1v) is 9.73. The van der Waals surface area contributed by atoms with E-state index in [4.69, 9.17) is 23.2 Å². The summed E-state index contributed by atoms with van der Waals surface area (Å²) < 4.78 is 27.3. The molecule has 0 aliphatic heterocycles. The normalized spacial score (nSPS) is 13.1. The highest BCUT2D eigenvalue weighted by Crippen LogP contribution is 2.29. The van der Waals surface area contributed by atoms with Gasteiger partial charge in [0.2, 0.25) is 10.0 Å². The molecule has 3 aromatic rings. The molecule has 1 atom stereocenters. The minimum absolute atomic E-state index is 0.0275. The lowest BCUT2D eigenvalue weighted by molar-refractivity contribution is 0.183. The van der Waals surface area contributed by atoms with Crippen molar-refractivity contribution in [2.24, 2.45) is 0 Å². The zero-order chi connectivity index (χ0) is 18.0. The standard InChI is InChI=1S/C18H15Cl2NO3S/c19-15-9-4-10-16(20)18(15)25(23,24)21-11-17(22)14-8-3-6-12-5-1-2-7-13(12)14/h1-10,17,21-22H,11H2. The smallest absolute Gasteiger partial charge is 0.243 e. The molecule has 0 bridgehead atoms. The molecule has 0 aliphatic rings. The zero-order valence-electron chi connectivity index (χ0n) is 13.0. The van der Waals surface area contributed by atoms with Crippen molar-refractivity contribution in [1.82, 2.24) is 4.72 Å². The summed E-state index contributed by atoms with van der Waals surface area (Å²) in [7, 11) is -3.95. The largest absolute Gasteiger partial charge is 0.387 e. The van der Waals surface area contributed by atoms with Crippen molar-refractivity contribution in [3.05, 3.63) is 76.3 Å². The van der Waals surface area contributed by atoms with Gasteiger partial charge in [-0.3, -0.25) is 0 Å². The number of nitrogens with one attached hydrogen (secondary N) is 1. The van der Waals surface area contributed by atoms with Crippen LogP contribution in [-0.4, -0.2) is 20.1 Å². The SMILES string of the molecule is O=S(=O)(NCC(O)c1cccc2ccccc12)c1c(Cl)cccc1Cl. The summed E-state index contributed by atoms with van der Waals surface area (Å²) in [6.45, 7) is -0.197. The van der Waals surface area contributed by atoms with Crippen LogP contribution in [0.3, 0.4) is 0 Å². The fraction of sp³-hybridized carbons (Fsp3) is 0.111. The second-order valence-electron chi connectivity index (χ2n) is 5.49. The maximum absolute atomic E-state index is 12.5. The number of hydrogen-bond acceptors (Lipinski definition) is 3. The number of sulfonamides is 1. The molecule has 3 rings (SSSR count). The van der Waals surface area contributed by atoms with Gasteiger partial charge in [-0.2, -0.15) is 0 Å². The Kier molecular flexibility index (Phi) is 5.32. The molecule has 4 nitrogen and oxygen atoms in total. The van der Waals surface area contributed by atoms with E-state index in [0.717, 1.165) is 10.8 Å². The predicted molar refractivity (Wildman–Crippen MR) is 101 cm³/mol. The van der Waals surface area contributed by atoms with E-state index < -0.39 is 16.1 Å². The van der Waals surface area contributed by atoms with Crippen molar-refractivity contribution in [1.29, 1.82) is 0 Å². The molecule has 0 radical (unpaired) electrons. The first-order chi connectivity index (χ1) is 11.9. The molecule has 0 aromatic heterocycles. The van der Waals surface area contributed by atoms with Crippen LogP contribution in [-0.2, 0) is 10.0 Å². The number of benzene rings is 3. The summed E-state index contributed by atoms with van der Waals surface area (Å²) in [5.41, 5.74) is 0.644. The molecule has 0 saturated heterocycles. The summed E-state index contributed by atoms with van der Waals surface area (Å²) in [6, 6.07) is 17.6. The van der Waals surface area contributed by atoms with Crippen LogP contribution >= 0.6 is 23.2 Å². The van der Waals surface area contributed by atoms with Crippen molar-refractivity contribution in [3.63, 3.8) is 0 Å². The van der Waals surface area contributed by atoms with Gasteiger partial charge < -0.3 is 5.11 Å². The molecule has 0 amide bonds. The van der Waals surface area contributed by atoms with Gasteiger partial charge in [0.15, 0.2) is 0 Å². The first-order valence-electron chi connectivity index (χ1n) is 7.49. The van der Waals surface area contributed by atoms with Crippen molar-refractivity contribution in [3.8, 4) is 0 Å². The van der Waals surface area contributed by atoms with Crippen LogP contribution in [0.5, 0.6) is 0 Å². The highest BCUT2D eigenvalue weighted by molar-refractivity contribution is 7.89. The highest BCUT2D eigenvalue weighted by atomic mass is 35.5. The molecule has 7 heteroatoms. The van der Waals surface area contributed by atoms with E-state index in [-0.39, 0.29) is 21.5 Å². The van der Waals surface area contributed by atoms with Crippen molar-refractivity contribution in [2.45, 2.75) is 11.0 Å². The van der Waals surface area contributed by atoms with E-state index >= 15 is 0 Å². The Morgan fingerprint density at radius 3 is 2.24 bits per heavy atom. The third-order valence-electron chi connectivity index (χ3n) is 3.84. The van der Waals surface area contributed by atoms with Crippen LogP contribution in [0.4, 0.5) is 0 Å². The molecule has 0 saturated carbocycles. The lowest BCUT2D eigenvalue weighted by Crippen LogP contribution is -2.29. The predicted octanol–water partition coefficient (Wildman–Crippen LogP) is 4.16. The van der Waals surface area contributed by atoms with E-state index in [2.05, 4.69) is 4.72 Å². The van der Waals surface area contributed by atoms with Crippen LogP contribution < -0.4 is 4.72 Å².